The van der Waals surface area contributed by atoms with E-state index in [0.29, 0.717) is 29.4 Å². The van der Waals surface area contributed by atoms with Crippen LogP contribution < -0.4 is 9.47 Å². The molecule has 0 aliphatic heterocycles. The predicted molar refractivity (Wildman–Crippen MR) is 75.5 cm³/mol. The van der Waals surface area contributed by atoms with E-state index in [1.807, 2.05) is 6.92 Å². The Balaban J connectivity index is 2.41. The molecule has 1 N–H and O–H groups in total. The molecule has 0 spiro atoms. The second kappa shape index (κ2) is 6.74. The lowest BCUT2D eigenvalue weighted by atomic mass is 10.1. The Labute approximate surface area is 122 Å². The van der Waals surface area contributed by atoms with Crippen molar-refractivity contribution in [2.45, 2.75) is 13.8 Å². The van der Waals surface area contributed by atoms with Crippen molar-refractivity contribution >= 4 is 5.97 Å². The van der Waals surface area contributed by atoms with Gasteiger partial charge in [-0.2, -0.15) is 10.3 Å². The topological polar surface area (TPSA) is 86.3 Å². The van der Waals surface area contributed by atoms with Crippen molar-refractivity contribution in [3.63, 3.8) is 0 Å². The number of ether oxygens (including phenoxy) is 3. The van der Waals surface area contributed by atoms with Crippen LogP contribution in [0.2, 0.25) is 0 Å². The number of nitrogens with zero attached hydrogens (tertiary/aromatic N) is 2. The van der Waals surface area contributed by atoms with Crippen LogP contribution in [0.25, 0.3) is 11.3 Å². The second-order valence-corrected chi connectivity index (χ2v) is 4.04. The first-order valence-electron chi connectivity index (χ1n) is 6.60. The molecule has 0 aliphatic carbocycles. The van der Waals surface area contributed by atoms with Gasteiger partial charge in [-0.25, -0.2) is 4.79 Å². The Kier molecular flexibility index (Phi) is 4.76. The third-order valence-corrected chi connectivity index (χ3v) is 2.75. The first-order chi connectivity index (χ1) is 10.2. The summed E-state index contributed by atoms with van der Waals surface area (Å²) < 4.78 is 15.7. The van der Waals surface area contributed by atoms with E-state index in [9.17, 15) is 4.79 Å². The Morgan fingerprint density at radius 3 is 2.67 bits per heavy atom. The number of hydrogen-bond donors (Lipinski definition) is 1. The number of methoxy groups -OCH3 is 1. The number of carbonyl (C=O) groups is 1. The highest BCUT2D eigenvalue weighted by atomic mass is 16.5. The summed E-state index contributed by atoms with van der Waals surface area (Å²) in [5.74, 6) is 0.673. The molecule has 0 unspecified atom stereocenters. The van der Waals surface area contributed by atoms with Gasteiger partial charge in [0, 0.05) is 5.56 Å². The molecule has 2 rings (SSSR count). The minimum Gasteiger partial charge on any atom is -0.493 e. The highest BCUT2D eigenvalue weighted by Gasteiger charge is 2.20. The molecule has 7 nitrogen and oxygen atoms in total. The lowest BCUT2D eigenvalue weighted by Gasteiger charge is -2.10. The number of benzene rings is 1. The van der Waals surface area contributed by atoms with E-state index < -0.39 is 5.97 Å². The van der Waals surface area contributed by atoms with Crippen LogP contribution in [0.4, 0.5) is 0 Å². The van der Waals surface area contributed by atoms with Crippen LogP contribution in [-0.4, -0.2) is 41.7 Å². The zero-order chi connectivity index (χ0) is 15.2. The minimum atomic E-state index is -0.518. The van der Waals surface area contributed by atoms with Gasteiger partial charge < -0.3 is 14.2 Å². The number of hydrogen-bond acceptors (Lipinski definition) is 6. The van der Waals surface area contributed by atoms with Crippen LogP contribution in [0.3, 0.4) is 0 Å². The van der Waals surface area contributed by atoms with Crippen molar-refractivity contribution in [2.24, 2.45) is 0 Å². The van der Waals surface area contributed by atoms with Crippen molar-refractivity contribution in [1.82, 2.24) is 15.4 Å². The number of H-pyrrole nitrogens is 1. The maximum atomic E-state index is 11.8. The number of nitrogens with one attached hydrogen (secondary N) is 1. The standard InChI is InChI=1S/C14H17N3O4/c1-4-20-11-8-9(6-7-10(11)19-3)12-13(16-17-15-12)14(18)21-5-2/h6-8H,4-5H2,1-3H3,(H,15,16,17). The van der Waals surface area contributed by atoms with Gasteiger partial charge in [0.1, 0.15) is 5.69 Å². The summed E-state index contributed by atoms with van der Waals surface area (Å²) in [5, 5.41) is 10.3. The van der Waals surface area contributed by atoms with E-state index in [1.165, 1.54) is 0 Å². The fourth-order valence-corrected chi connectivity index (χ4v) is 1.87. The SMILES string of the molecule is CCOC(=O)c1n[nH]nc1-c1ccc(OC)c(OCC)c1. The van der Waals surface area contributed by atoms with Gasteiger partial charge in [-0.15, -0.1) is 5.10 Å². The number of carbonyl (C=O) groups excluding carboxylic acids is 1. The minimum absolute atomic E-state index is 0.143. The predicted octanol–water partition coefficient (Wildman–Crippen LogP) is 2.06. The molecule has 0 fully saturated rings. The first-order valence-corrected chi connectivity index (χ1v) is 6.60. The highest BCUT2D eigenvalue weighted by molar-refractivity contribution is 5.94. The van der Waals surface area contributed by atoms with Gasteiger partial charge in [0.15, 0.2) is 17.2 Å². The van der Waals surface area contributed by atoms with Crippen molar-refractivity contribution in [2.75, 3.05) is 20.3 Å². The van der Waals surface area contributed by atoms with Gasteiger partial charge >= 0.3 is 5.97 Å². The van der Waals surface area contributed by atoms with E-state index in [4.69, 9.17) is 14.2 Å². The van der Waals surface area contributed by atoms with Crippen LogP contribution in [0, 0.1) is 0 Å². The molecule has 0 radical (unpaired) electrons. The molecule has 0 saturated carbocycles. The second-order valence-electron chi connectivity index (χ2n) is 4.04. The number of esters is 1. The van der Waals surface area contributed by atoms with Gasteiger partial charge in [-0.05, 0) is 32.0 Å². The Bertz CT molecular complexity index is 624. The van der Waals surface area contributed by atoms with Crippen molar-refractivity contribution in [3.05, 3.63) is 23.9 Å². The van der Waals surface area contributed by atoms with E-state index >= 15 is 0 Å². The molecule has 0 aliphatic rings. The molecule has 0 bridgehead atoms. The molecule has 1 aromatic carbocycles. The fraction of sp³-hybridized carbons (Fsp3) is 0.357. The molecule has 1 aromatic heterocycles. The first kappa shape index (κ1) is 14.8. The smallest absolute Gasteiger partial charge is 0.361 e. The van der Waals surface area contributed by atoms with Crippen molar-refractivity contribution < 1.29 is 19.0 Å². The zero-order valence-electron chi connectivity index (χ0n) is 12.2. The maximum Gasteiger partial charge on any atom is 0.361 e. The maximum absolute atomic E-state index is 11.8. The van der Waals surface area contributed by atoms with E-state index in [1.54, 1.807) is 32.2 Å². The summed E-state index contributed by atoms with van der Waals surface area (Å²) in [6.07, 6.45) is 0. The zero-order valence-corrected chi connectivity index (χ0v) is 12.2. The molecule has 0 saturated heterocycles. The number of aromatic nitrogens is 3. The van der Waals surface area contributed by atoms with Gasteiger partial charge in [0.05, 0.1) is 20.3 Å². The van der Waals surface area contributed by atoms with E-state index in [0.717, 1.165) is 0 Å². The molecular formula is C14H17N3O4. The summed E-state index contributed by atoms with van der Waals surface area (Å²) in [4.78, 5) is 11.8. The summed E-state index contributed by atoms with van der Waals surface area (Å²) in [6, 6.07) is 5.29. The van der Waals surface area contributed by atoms with Crippen LogP contribution in [0.1, 0.15) is 24.3 Å². The van der Waals surface area contributed by atoms with Gasteiger partial charge in [0.2, 0.25) is 0 Å². The van der Waals surface area contributed by atoms with Crippen molar-refractivity contribution in [3.8, 4) is 22.8 Å². The van der Waals surface area contributed by atoms with Crippen LogP contribution >= 0.6 is 0 Å². The molecule has 112 valence electrons. The number of rotatable bonds is 6. The lowest BCUT2D eigenvalue weighted by molar-refractivity contribution is 0.0520. The third-order valence-electron chi connectivity index (χ3n) is 2.75. The summed E-state index contributed by atoms with van der Waals surface area (Å²) in [5.41, 5.74) is 1.25. The molecule has 1 heterocycles. The fourth-order valence-electron chi connectivity index (χ4n) is 1.87. The summed E-state index contributed by atoms with van der Waals surface area (Å²) in [6.45, 7) is 4.39. The van der Waals surface area contributed by atoms with Gasteiger partial charge in [0.25, 0.3) is 0 Å². The van der Waals surface area contributed by atoms with E-state index in [-0.39, 0.29) is 12.3 Å². The normalized spacial score (nSPS) is 10.2. The van der Waals surface area contributed by atoms with Crippen LogP contribution in [0.15, 0.2) is 18.2 Å². The Morgan fingerprint density at radius 2 is 2.00 bits per heavy atom. The van der Waals surface area contributed by atoms with Gasteiger partial charge in [-0.3, -0.25) is 0 Å². The average Bonchev–Trinajstić information content (AvgIpc) is 2.97. The molecule has 21 heavy (non-hydrogen) atoms. The summed E-state index contributed by atoms with van der Waals surface area (Å²) >= 11 is 0. The van der Waals surface area contributed by atoms with Crippen molar-refractivity contribution in [1.29, 1.82) is 0 Å². The highest BCUT2D eigenvalue weighted by Crippen LogP contribution is 2.32. The van der Waals surface area contributed by atoms with Gasteiger partial charge in [-0.1, -0.05) is 0 Å². The van der Waals surface area contributed by atoms with Crippen LogP contribution in [0.5, 0.6) is 11.5 Å². The molecular weight excluding hydrogens is 274 g/mol. The lowest BCUT2D eigenvalue weighted by Crippen LogP contribution is -2.07. The number of aromatic amines is 1. The Morgan fingerprint density at radius 1 is 1.19 bits per heavy atom. The monoisotopic (exact) mass is 291 g/mol. The Hall–Kier alpha value is -2.57. The third kappa shape index (κ3) is 3.13. The molecule has 0 amide bonds. The molecule has 2 aromatic rings. The molecule has 0 atom stereocenters. The summed E-state index contributed by atoms with van der Waals surface area (Å²) in [7, 11) is 1.57. The largest absolute Gasteiger partial charge is 0.493 e. The average molecular weight is 291 g/mol. The quantitative estimate of drug-likeness (QED) is 0.820. The van der Waals surface area contributed by atoms with E-state index in [2.05, 4.69) is 15.4 Å². The molecule has 7 heteroatoms. The van der Waals surface area contributed by atoms with Crippen LogP contribution in [-0.2, 0) is 4.74 Å².